The van der Waals surface area contributed by atoms with Gasteiger partial charge < -0.3 is 9.84 Å². The van der Waals surface area contributed by atoms with E-state index in [1.54, 1.807) is 36.4 Å². The Hall–Kier alpha value is -2.92. The molecule has 0 spiro atoms. The van der Waals surface area contributed by atoms with Crippen molar-refractivity contribution in [3.05, 3.63) is 82.3 Å². The van der Waals surface area contributed by atoms with Crippen LogP contribution in [0.4, 0.5) is 4.39 Å². The van der Waals surface area contributed by atoms with Crippen molar-refractivity contribution in [2.24, 2.45) is 0 Å². The van der Waals surface area contributed by atoms with Gasteiger partial charge in [0.2, 0.25) is 0 Å². The molecule has 2 aromatic carbocycles. The van der Waals surface area contributed by atoms with E-state index in [1.807, 2.05) is 13.8 Å². The minimum atomic E-state index is -1.08. The second kappa shape index (κ2) is 8.40. The van der Waals surface area contributed by atoms with Crippen molar-refractivity contribution >= 4 is 17.6 Å². The highest BCUT2D eigenvalue weighted by molar-refractivity contribution is 6.30. The van der Waals surface area contributed by atoms with Crippen molar-refractivity contribution in [1.29, 1.82) is 0 Å². The normalized spacial score (nSPS) is 10.9. The number of nitrogens with zero attached hydrogens (tertiary/aromatic N) is 1. The number of hydrogen-bond donors (Lipinski definition) is 1. The number of ether oxygens (including phenoxy) is 1. The maximum atomic E-state index is 13.5. The molecule has 0 amide bonds. The van der Waals surface area contributed by atoms with Crippen LogP contribution >= 0.6 is 11.6 Å². The maximum absolute atomic E-state index is 13.5. The van der Waals surface area contributed by atoms with E-state index in [-0.39, 0.29) is 23.9 Å². The van der Waals surface area contributed by atoms with Gasteiger partial charge in [-0.2, -0.15) is 0 Å². The zero-order valence-electron chi connectivity index (χ0n) is 15.4. The smallest absolute Gasteiger partial charge is 0.337 e. The SMILES string of the molecule is CC(C)Oc1cc(Cl)ccc1-c1ccc(C(=O)O)c(Cc2cccc(F)c2)n1. The van der Waals surface area contributed by atoms with Crippen LogP contribution in [0.3, 0.4) is 0 Å². The quantitative estimate of drug-likeness (QED) is 0.584. The molecule has 0 atom stereocenters. The zero-order chi connectivity index (χ0) is 20.3. The van der Waals surface area contributed by atoms with Crippen molar-refractivity contribution < 1.29 is 19.0 Å². The van der Waals surface area contributed by atoms with Crippen molar-refractivity contribution in [3.8, 4) is 17.0 Å². The molecule has 1 N–H and O–H groups in total. The van der Waals surface area contributed by atoms with Crippen LogP contribution in [0.2, 0.25) is 5.02 Å². The summed E-state index contributed by atoms with van der Waals surface area (Å²) >= 11 is 6.09. The number of benzene rings is 2. The third-order valence-electron chi connectivity index (χ3n) is 4.05. The topological polar surface area (TPSA) is 59.4 Å². The van der Waals surface area contributed by atoms with E-state index in [1.165, 1.54) is 18.2 Å². The number of rotatable bonds is 6. The molecule has 6 heteroatoms. The van der Waals surface area contributed by atoms with E-state index >= 15 is 0 Å². The first-order valence-electron chi connectivity index (χ1n) is 8.77. The number of carbonyl (C=O) groups is 1. The van der Waals surface area contributed by atoms with E-state index in [2.05, 4.69) is 4.98 Å². The van der Waals surface area contributed by atoms with Crippen LogP contribution in [0.25, 0.3) is 11.3 Å². The van der Waals surface area contributed by atoms with Crippen LogP contribution < -0.4 is 4.74 Å². The molecule has 1 aromatic heterocycles. The first-order valence-corrected chi connectivity index (χ1v) is 9.15. The molecular weight excluding hydrogens is 381 g/mol. The standard InChI is InChI=1S/C22H19ClFNO3/c1-13(2)28-21-12-15(23)6-7-17(21)19-9-8-18(22(26)27)20(25-19)11-14-4-3-5-16(24)10-14/h3-10,12-13H,11H2,1-2H3,(H,26,27). The van der Waals surface area contributed by atoms with Gasteiger partial charge in [-0.15, -0.1) is 0 Å². The Morgan fingerprint density at radius 2 is 1.96 bits per heavy atom. The molecule has 1 heterocycles. The van der Waals surface area contributed by atoms with Gasteiger partial charge in [-0.05, 0) is 61.9 Å². The maximum Gasteiger partial charge on any atom is 0.337 e. The summed E-state index contributed by atoms with van der Waals surface area (Å²) in [5.41, 5.74) is 2.33. The molecular formula is C22H19ClFNO3. The third kappa shape index (κ3) is 4.67. The van der Waals surface area contributed by atoms with Crippen LogP contribution in [-0.2, 0) is 6.42 Å². The molecule has 0 unspecified atom stereocenters. The van der Waals surface area contributed by atoms with Gasteiger partial charge in [-0.1, -0.05) is 23.7 Å². The molecule has 0 bridgehead atoms. The molecule has 3 aromatic rings. The van der Waals surface area contributed by atoms with Crippen LogP contribution in [0, 0.1) is 5.82 Å². The number of aromatic nitrogens is 1. The van der Waals surface area contributed by atoms with Crippen molar-refractivity contribution in [3.63, 3.8) is 0 Å². The van der Waals surface area contributed by atoms with Crippen molar-refractivity contribution in [2.75, 3.05) is 0 Å². The molecule has 0 aliphatic rings. The predicted octanol–water partition coefficient (Wildman–Crippen LogP) is 5.62. The fourth-order valence-corrected chi connectivity index (χ4v) is 3.04. The molecule has 0 aliphatic heterocycles. The lowest BCUT2D eigenvalue weighted by molar-refractivity contribution is 0.0695. The molecule has 0 saturated carbocycles. The van der Waals surface area contributed by atoms with Crippen molar-refractivity contribution in [2.45, 2.75) is 26.4 Å². The second-order valence-electron chi connectivity index (χ2n) is 6.61. The Morgan fingerprint density at radius 1 is 1.18 bits per heavy atom. The first-order chi connectivity index (χ1) is 13.3. The zero-order valence-corrected chi connectivity index (χ0v) is 16.2. The Labute approximate surface area is 167 Å². The summed E-state index contributed by atoms with van der Waals surface area (Å²) in [6.07, 6.45) is 0.128. The van der Waals surface area contributed by atoms with Gasteiger partial charge in [0.15, 0.2) is 0 Å². The van der Waals surface area contributed by atoms with E-state index in [9.17, 15) is 14.3 Å². The van der Waals surface area contributed by atoms with Gasteiger partial charge in [0.25, 0.3) is 0 Å². The summed E-state index contributed by atoms with van der Waals surface area (Å²) in [5, 5.41) is 10.0. The minimum Gasteiger partial charge on any atom is -0.490 e. The molecule has 144 valence electrons. The Bertz CT molecular complexity index is 1020. The summed E-state index contributed by atoms with van der Waals surface area (Å²) in [5.74, 6) is -0.897. The van der Waals surface area contributed by atoms with E-state index < -0.39 is 5.97 Å². The molecule has 3 rings (SSSR count). The number of carboxylic acid groups (broad SMARTS) is 1. The molecule has 0 saturated heterocycles. The second-order valence-corrected chi connectivity index (χ2v) is 7.05. The molecule has 28 heavy (non-hydrogen) atoms. The summed E-state index contributed by atoms with van der Waals surface area (Å²) in [7, 11) is 0. The van der Waals surface area contributed by atoms with Gasteiger partial charge in [0.1, 0.15) is 11.6 Å². The third-order valence-corrected chi connectivity index (χ3v) is 4.28. The summed E-state index contributed by atoms with van der Waals surface area (Å²) in [6, 6.07) is 14.4. The average Bonchev–Trinajstić information content (AvgIpc) is 2.61. The van der Waals surface area contributed by atoms with E-state index in [4.69, 9.17) is 16.3 Å². The van der Waals surface area contributed by atoms with Crippen molar-refractivity contribution in [1.82, 2.24) is 4.98 Å². The number of halogens is 2. The number of aromatic carboxylic acids is 1. The van der Waals surface area contributed by atoms with Gasteiger partial charge in [-0.25, -0.2) is 9.18 Å². The van der Waals surface area contributed by atoms with Crippen LogP contribution in [-0.4, -0.2) is 22.2 Å². The fraction of sp³-hybridized carbons (Fsp3) is 0.182. The van der Waals surface area contributed by atoms with E-state index in [0.29, 0.717) is 33.3 Å². The minimum absolute atomic E-state index is 0.0673. The average molecular weight is 400 g/mol. The number of pyridine rings is 1. The molecule has 0 fully saturated rings. The van der Waals surface area contributed by atoms with Crippen LogP contribution in [0.15, 0.2) is 54.6 Å². The number of carboxylic acids is 1. The van der Waals surface area contributed by atoms with Gasteiger partial charge >= 0.3 is 5.97 Å². The highest BCUT2D eigenvalue weighted by atomic mass is 35.5. The number of hydrogen-bond acceptors (Lipinski definition) is 3. The highest BCUT2D eigenvalue weighted by Crippen LogP contribution is 2.33. The van der Waals surface area contributed by atoms with Gasteiger partial charge in [0.05, 0.1) is 23.1 Å². The van der Waals surface area contributed by atoms with Crippen LogP contribution in [0.5, 0.6) is 5.75 Å². The predicted molar refractivity (Wildman–Crippen MR) is 107 cm³/mol. The lowest BCUT2D eigenvalue weighted by atomic mass is 10.0. The Morgan fingerprint density at radius 3 is 2.64 bits per heavy atom. The summed E-state index contributed by atoms with van der Waals surface area (Å²) in [6.45, 7) is 3.81. The lowest BCUT2D eigenvalue weighted by Crippen LogP contribution is -2.09. The Balaban J connectivity index is 2.08. The molecule has 0 aliphatic carbocycles. The van der Waals surface area contributed by atoms with E-state index in [0.717, 1.165) is 0 Å². The highest BCUT2D eigenvalue weighted by Gasteiger charge is 2.17. The fourth-order valence-electron chi connectivity index (χ4n) is 2.88. The summed E-state index contributed by atoms with van der Waals surface area (Å²) < 4.78 is 19.4. The summed E-state index contributed by atoms with van der Waals surface area (Å²) in [4.78, 5) is 16.2. The lowest BCUT2D eigenvalue weighted by Gasteiger charge is -2.15. The largest absolute Gasteiger partial charge is 0.490 e. The molecule has 4 nitrogen and oxygen atoms in total. The molecule has 0 radical (unpaired) electrons. The monoisotopic (exact) mass is 399 g/mol. The Kier molecular flexibility index (Phi) is 5.95. The van der Waals surface area contributed by atoms with Gasteiger partial charge in [0, 0.05) is 17.0 Å². The van der Waals surface area contributed by atoms with Gasteiger partial charge in [-0.3, -0.25) is 4.98 Å². The first kappa shape index (κ1) is 19.8. The van der Waals surface area contributed by atoms with Crippen LogP contribution in [0.1, 0.15) is 35.5 Å².